The number of carbonyl (C=O) groups excluding carboxylic acids is 1. The van der Waals surface area contributed by atoms with Gasteiger partial charge in [0.15, 0.2) is 0 Å². The Morgan fingerprint density at radius 2 is 1.83 bits per heavy atom. The van der Waals surface area contributed by atoms with Crippen LogP contribution in [0.1, 0.15) is 10.4 Å². The van der Waals surface area contributed by atoms with Crippen LogP contribution in [0.4, 0.5) is 5.69 Å². The molecule has 5 heteroatoms. The van der Waals surface area contributed by atoms with Crippen LogP contribution in [0.15, 0.2) is 48.5 Å². The highest BCUT2D eigenvalue weighted by Gasteiger charge is 2.04. The third-order valence-corrected chi connectivity index (χ3v) is 3.56. The quantitative estimate of drug-likeness (QED) is 0.848. The summed E-state index contributed by atoms with van der Waals surface area (Å²) in [5.74, 6) is 6.13. The fourth-order valence-corrected chi connectivity index (χ4v) is 2.12. The van der Waals surface area contributed by atoms with Gasteiger partial charge in [0.25, 0.3) is 5.91 Å². The zero-order chi connectivity index (χ0) is 17.4. The molecule has 4 nitrogen and oxygen atoms in total. The number of hydrogen-bond donors (Lipinski definition) is 1. The second-order valence-corrected chi connectivity index (χ2v) is 5.60. The highest BCUT2D eigenvalue weighted by Crippen LogP contribution is 2.22. The molecule has 1 N–H and O–H groups in total. The Bertz CT molecular complexity index is 746. The molecule has 24 heavy (non-hydrogen) atoms. The van der Waals surface area contributed by atoms with Crippen molar-refractivity contribution in [1.82, 2.24) is 5.32 Å². The molecule has 0 spiro atoms. The van der Waals surface area contributed by atoms with Crippen LogP contribution in [0.3, 0.4) is 0 Å². The molecule has 0 atom stereocenters. The molecule has 0 saturated heterocycles. The zero-order valence-corrected chi connectivity index (χ0v) is 14.4. The van der Waals surface area contributed by atoms with Crippen molar-refractivity contribution in [3.8, 4) is 17.6 Å². The van der Waals surface area contributed by atoms with Gasteiger partial charge in [-0.2, -0.15) is 0 Å². The van der Waals surface area contributed by atoms with Crippen LogP contribution in [0.2, 0.25) is 5.02 Å². The number of halogens is 1. The summed E-state index contributed by atoms with van der Waals surface area (Å²) in [4.78, 5) is 14.0. The van der Waals surface area contributed by atoms with Gasteiger partial charge in [-0.3, -0.25) is 4.79 Å². The minimum absolute atomic E-state index is 0.151. The van der Waals surface area contributed by atoms with E-state index in [1.807, 2.05) is 43.3 Å². The number of rotatable bonds is 5. The van der Waals surface area contributed by atoms with Gasteiger partial charge in [0.05, 0.1) is 11.6 Å². The maximum Gasteiger partial charge on any atom is 0.252 e. The van der Waals surface area contributed by atoms with Crippen molar-refractivity contribution in [1.29, 1.82) is 0 Å². The maximum atomic E-state index is 12.0. The summed E-state index contributed by atoms with van der Waals surface area (Å²) in [5.41, 5.74) is 1.65. The molecule has 0 fully saturated rings. The molecule has 0 saturated carbocycles. The molecule has 124 valence electrons. The number of carbonyl (C=O) groups is 1. The lowest BCUT2D eigenvalue weighted by atomic mass is 10.2. The first-order valence-electron chi connectivity index (χ1n) is 7.46. The summed E-state index contributed by atoms with van der Waals surface area (Å²) >= 11 is 5.97. The second kappa shape index (κ2) is 8.85. The van der Waals surface area contributed by atoms with Crippen molar-refractivity contribution >= 4 is 23.2 Å². The minimum atomic E-state index is -0.151. The number of ether oxygens (including phenoxy) is 1. The van der Waals surface area contributed by atoms with Gasteiger partial charge in [-0.15, -0.1) is 0 Å². The van der Waals surface area contributed by atoms with Crippen LogP contribution in [-0.4, -0.2) is 33.2 Å². The number of nitrogens with one attached hydrogen (secondary N) is 1. The molecule has 2 aromatic rings. The summed E-state index contributed by atoms with van der Waals surface area (Å²) in [6.45, 7) is 0.483. The first-order chi connectivity index (χ1) is 11.6. The van der Waals surface area contributed by atoms with E-state index in [0.717, 1.165) is 5.69 Å². The van der Waals surface area contributed by atoms with E-state index >= 15 is 0 Å². The largest absolute Gasteiger partial charge is 0.479 e. The fourth-order valence-electron chi connectivity index (χ4n) is 1.93. The van der Waals surface area contributed by atoms with E-state index in [2.05, 4.69) is 17.2 Å². The highest BCUT2D eigenvalue weighted by molar-refractivity contribution is 6.32. The van der Waals surface area contributed by atoms with Crippen molar-refractivity contribution in [3.63, 3.8) is 0 Å². The Morgan fingerprint density at radius 1 is 1.12 bits per heavy atom. The molecule has 0 heterocycles. The number of anilines is 1. The summed E-state index contributed by atoms with van der Waals surface area (Å²) in [6.07, 6.45) is 0. The Labute approximate surface area is 147 Å². The molecule has 2 rings (SSSR count). The molecule has 0 aromatic heterocycles. The topological polar surface area (TPSA) is 41.6 Å². The molecule has 0 aliphatic rings. The molecule has 0 aliphatic heterocycles. The Morgan fingerprint density at radius 3 is 2.50 bits per heavy atom. The van der Waals surface area contributed by atoms with E-state index in [0.29, 0.717) is 16.3 Å². The van der Waals surface area contributed by atoms with Crippen LogP contribution < -0.4 is 15.0 Å². The molecule has 0 bridgehead atoms. The first kappa shape index (κ1) is 17.7. The SMILES string of the molecule is CN(C)c1ccc(C(=O)NCC#CCOc2ccccc2Cl)cc1. The Hall–Kier alpha value is -2.64. The molecule has 2 aromatic carbocycles. The predicted octanol–water partition coefficient (Wildman–Crippen LogP) is 3.22. The number of para-hydroxylation sites is 1. The van der Waals surface area contributed by atoms with Crippen LogP contribution in [-0.2, 0) is 0 Å². The van der Waals surface area contributed by atoms with Crippen LogP contribution in [0.25, 0.3) is 0 Å². The van der Waals surface area contributed by atoms with Crippen LogP contribution >= 0.6 is 11.6 Å². The molecule has 0 radical (unpaired) electrons. The Kier molecular flexibility index (Phi) is 6.53. The molecule has 0 unspecified atom stereocenters. The molecule has 0 aliphatic carbocycles. The van der Waals surface area contributed by atoms with Crippen molar-refractivity contribution in [2.75, 3.05) is 32.1 Å². The van der Waals surface area contributed by atoms with Crippen molar-refractivity contribution in [3.05, 3.63) is 59.1 Å². The van der Waals surface area contributed by atoms with Crippen molar-refractivity contribution < 1.29 is 9.53 Å². The van der Waals surface area contributed by atoms with Gasteiger partial charge in [0.2, 0.25) is 0 Å². The molecular formula is C19H19ClN2O2. The summed E-state index contributed by atoms with van der Waals surface area (Å²) < 4.78 is 5.44. The van der Waals surface area contributed by atoms with Crippen LogP contribution in [0, 0.1) is 11.8 Å². The summed E-state index contributed by atoms with van der Waals surface area (Å²) in [5, 5.41) is 3.30. The predicted molar refractivity (Wildman–Crippen MR) is 97.8 cm³/mol. The second-order valence-electron chi connectivity index (χ2n) is 5.20. The lowest BCUT2D eigenvalue weighted by molar-refractivity contribution is 0.0958. The third kappa shape index (κ3) is 5.22. The van der Waals surface area contributed by atoms with E-state index in [1.54, 1.807) is 24.3 Å². The fraction of sp³-hybridized carbons (Fsp3) is 0.211. The van der Waals surface area contributed by atoms with E-state index in [4.69, 9.17) is 16.3 Å². The van der Waals surface area contributed by atoms with Crippen LogP contribution in [0.5, 0.6) is 5.75 Å². The number of hydrogen-bond acceptors (Lipinski definition) is 3. The summed E-state index contributed by atoms with van der Waals surface area (Å²) in [7, 11) is 3.91. The monoisotopic (exact) mass is 342 g/mol. The number of amides is 1. The third-order valence-electron chi connectivity index (χ3n) is 3.24. The standard InChI is InChI=1S/C19H19ClN2O2/c1-22(2)16-11-9-15(10-12-16)19(23)21-13-5-6-14-24-18-8-4-3-7-17(18)20/h3-4,7-12H,13-14H2,1-2H3,(H,21,23). The summed E-state index contributed by atoms with van der Waals surface area (Å²) in [6, 6.07) is 14.6. The van der Waals surface area contributed by atoms with Gasteiger partial charge in [0, 0.05) is 25.3 Å². The molecule has 1 amide bonds. The normalized spacial score (nSPS) is 9.62. The van der Waals surface area contributed by atoms with Gasteiger partial charge in [-0.1, -0.05) is 35.6 Å². The van der Waals surface area contributed by atoms with Gasteiger partial charge >= 0.3 is 0 Å². The average Bonchev–Trinajstić information content (AvgIpc) is 2.59. The van der Waals surface area contributed by atoms with Gasteiger partial charge in [-0.25, -0.2) is 0 Å². The van der Waals surface area contributed by atoms with Gasteiger partial charge in [0.1, 0.15) is 12.4 Å². The number of benzene rings is 2. The minimum Gasteiger partial charge on any atom is -0.479 e. The lowest BCUT2D eigenvalue weighted by Gasteiger charge is -2.12. The molecular weight excluding hydrogens is 324 g/mol. The van der Waals surface area contributed by atoms with E-state index in [-0.39, 0.29) is 19.1 Å². The van der Waals surface area contributed by atoms with Gasteiger partial charge < -0.3 is 15.0 Å². The Balaban J connectivity index is 1.76. The maximum absolute atomic E-state index is 12.0. The van der Waals surface area contributed by atoms with Crippen molar-refractivity contribution in [2.45, 2.75) is 0 Å². The lowest BCUT2D eigenvalue weighted by Crippen LogP contribution is -2.23. The van der Waals surface area contributed by atoms with E-state index in [9.17, 15) is 4.79 Å². The first-order valence-corrected chi connectivity index (χ1v) is 7.84. The smallest absolute Gasteiger partial charge is 0.252 e. The van der Waals surface area contributed by atoms with E-state index in [1.165, 1.54) is 0 Å². The van der Waals surface area contributed by atoms with Gasteiger partial charge in [-0.05, 0) is 36.4 Å². The highest BCUT2D eigenvalue weighted by atomic mass is 35.5. The van der Waals surface area contributed by atoms with Crippen molar-refractivity contribution in [2.24, 2.45) is 0 Å². The van der Waals surface area contributed by atoms with E-state index < -0.39 is 0 Å². The zero-order valence-electron chi connectivity index (χ0n) is 13.7. The number of nitrogens with zero attached hydrogens (tertiary/aromatic N) is 1. The average molecular weight is 343 g/mol.